The minimum Gasteiger partial charge on any atom is -0.355 e. The van der Waals surface area contributed by atoms with Crippen molar-refractivity contribution in [2.75, 3.05) is 6.54 Å². The smallest absolute Gasteiger partial charge is 0.244 e. The topological polar surface area (TPSA) is 58.2 Å². The molecule has 0 aliphatic heterocycles. The number of amides is 2. The van der Waals surface area contributed by atoms with E-state index in [0.29, 0.717) is 12.1 Å². The molecule has 0 unspecified atom stereocenters. The number of carbonyl (C=O) groups is 2. The van der Waals surface area contributed by atoms with E-state index < -0.39 is 6.04 Å². The number of halogens is 1. The number of allylic oxidation sites excluding steroid dienone is 1. The van der Waals surface area contributed by atoms with Crippen LogP contribution in [-0.4, -0.2) is 24.4 Å². The Morgan fingerprint density at radius 3 is 2.45 bits per heavy atom. The summed E-state index contributed by atoms with van der Waals surface area (Å²) in [5.41, 5.74) is 1.46. The van der Waals surface area contributed by atoms with E-state index in [1.165, 1.54) is 18.2 Å². The van der Waals surface area contributed by atoms with Crippen molar-refractivity contribution in [3.8, 4) is 0 Å². The van der Waals surface area contributed by atoms with Gasteiger partial charge in [-0.05, 0) is 44.0 Å². The Balaban J connectivity index is 2.66. The molecule has 1 aromatic rings. The van der Waals surface area contributed by atoms with Gasteiger partial charge in [-0.15, -0.1) is 0 Å². The predicted octanol–water partition coefficient (Wildman–Crippen LogP) is 1.87. The number of hydrogen-bond donors (Lipinski definition) is 2. The number of rotatable bonds is 5. The largest absolute Gasteiger partial charge is 0.355 e. The van der Waals surface area contributed by atoms with E-state index in [4.69, 9.17) is 0 Å². The van der Waals surface area contributed by atoms with Crippen LogP contribution in [-0.2, 0) is 9.59 Å². The van der Waals surface area contributed by atoms with Crippen LogP contribution in [0.4, 0.5) is 4.39 Å². The maximum atomic E-state index is 12.8. The summed E-state index contributed by atoms with van der Waals surface area (Å²) in [4.78, 5) is 23.3. The van der Waals surface area contributed by atoms with Gasteiger partial charge in [-0.3, -0.25) is 9.59 Å². The zero-order chi connectivity index (χ0) is 15.1. The first kappa shape index (κ1) is 15.9. The molecule has 2 N–H and O–H groups in total. The average Bonchev–Trinajstić information content (AvgIpc) is 2.39. The third kappa shape index (κ3) is 4.84. The Hall–Kier alpha value is -2.17. The van der Waals surface area contributed by atoms with Gasteiger partial charge >= 0.3 is 0 Å². The van der Waals surface area contributed by atoms with Crippen molar-refractivity contribution in [2.45, 2.75) is 26.8 Å². The molecule has 108 valence electrons. The lowest BCUT2D eigenvalue weighted by Crippen LogP contribution is -2.44. The summed E-state index contributed by atoms with van der Waals surface area (Å²) in [5.74, 6) is -0.907. The first-order valence-corrected chi connectivity index (χ1v) is 6.46. The van der Waals surface area contributed by atoms with Crippen molar-refractivity contribution in [2.24, 2.45) is 0 Å². The van der Waals surface area contributed by atoms with Gasteiger partial charge in [0.25, 0.3) is 0 Å². The lowest BCUT2D eigenvalue weighted by Gasteiger charge is -2.12. The van der Waals surface area contributed by atoms with Crippen molar-refractivity contribution < 1.29 is 14.0 Å². The van der Waals surface area contributed by atoms with Gasteiger partial charge in [-0.25, -0.2) is 4.39 Å². The second-order valence-corrected chi connectivity index (χ2v) is 4.46. The molecule has 0 fully saturated rings. The molecule has 0 heterocycles. The quantitative estimate of drug-likeness (QED) is 0.808. The minimum atomic E-state index is -0.597. The zero-order valence-electron chi connectivity index (χ0n) is 11.9. The van der Waals surface area contributed by atoms with Gasteiger partial charge in [0.15, 0.2) is 0 Å². The van der Waals surface area contributed by atoms with Gasteiger partial charge in [0, 0.05) is 12.6 Å². The Bertz CT molecular complexity index is 509. The molecule has 0 aliphatic rings. The molecule has 2 amide bonds. The molecule has 0 bridgehead atoms. The Morgan fingerprint density at radius 2 is 1.90 bits per heavy atom. The van der Waals surface area contributed by atoms with E-state index >= 15 is 0 Å². The maximum Gasteiger partial charge on any atom is 0.244 e. The van der Waals surface area contributed by atoms with Crippen LogP contribution in [0.1, 0.15) is 26.3 Å². The lowest BCUT2D eigenvalue weighted by molar-refractivity contribution is -0.126. The summed E-state index contributed by atoms with van der Waals surface area (Å²) < 4.78 is 12.8. The average molecular weight is 278 g/mol. The van der Waals surface area contributed by atoms with E-state index in [1.807, 2.05) is 6.92 Å². The molecule has 1 rings (SSSR count). The number of hydrogen-bond acceptors (Lipinski definition) is 2. The third-order valence-electron chi connectivity index (χ3n) is 2.75. The molecular weight excluding hydrogens is 259 g/mol. The molecule has 20 heavy (non-hydrogen) atoms. The fourth-order valence-corrected chi connectivity index (χ4v) is 1.64. The van der Waals surface area contributed by atoms with Crippen LogP contribution in [0, 0.1) is 5.82 Å². The monoisotopic (exact) mass is 278 g/mol. The van der Waals surface area contributed by atoms with Gasteiger partial charge < -0.3 is 10.6 Å². The van der Waals surface area contributed by atoms with E-state index in [1.54, 1.807) is 26.0 Å². The molecule has 0 aromatic heterocycles. The number of benzene rings is 1. The van der Waals surface area contributed by atoms with Crippen molar-refractivity contribution in [1.29, 1.82) is 0 Å². The maximum absolute atomic E-state index is 12.8. The first-order chi connectivity index (χ1) is 9.43. The first-order valence-electron chi connectivity index (χ1n) is 6.46. The molecule has 0 saturated carbocycles. The van der Waals surface area contributed by atoms with Crippen molar-refractivity contribution in [3.63, 3.8) is 0 Å². The molecule has 5 heteroatoms. The second-order valence-electron chi connectivity index (χ2n) is 4.46. The zero-order valence-corrected chi connectivity index (χ0v) is 11.9. The Kier molecular flexibility index (Phi) is 5.90. The Labute approximate surface area is 118 Å². The van der Waals surface area contributed by atoms with Crippen molar-refractivity contribution >= 4 is 17.4 Å². The van der Waals surface area contributed by atoms with Crippen molar-refractivity contribution in [3.05, 3.63) is 41.7 Å². The molecule has 0 radical (unpaired) electrons. The SMILES string of the molecule is CCNC(=O)[C@@H](C)NC(=O)/C=C(\C)c1ccc(F)cc1. The second kappa shape index (κ2) is 7.43. The highest BCUT2D eigenvalue weighted by atomic mass is 19.1. The number of nitrogens with one attached hydrogen (secondary N) is 2. The van der Waals surface area contributed by atoms with Gasteiger partial charge in [-0.1, -0.05) is 12.1 Å². The molecule has 0 saturated heterocycles. The Morgan fingerprint density at radius 1 is 1.30 bits per heavy atom. The highest BCUT2D eigenvalue weighted by Gasteiger charge is 2.13. The molecule has 0 spiro atoms. The van der Waals surface area contributed by atoms with Gasteiger partial charge in [0.1, 0.15) is 11.9 Å². The molecular formula is C15H19FN2O2. The lowest BCUT2D eigenvalue weighted by atomic mass is 10.1. The van der Waals surface area contributed by atoms with Gasteiger partial charge in [-0.2, -0.15) is 0 Å². The summed E-state index contributed by atoms with van der Waals surface area (Å²) in [6.45, 7) is 5.70. The summed E-state index contributed by atoms with van der Waals surface area (Å²) >= 11 is 0. The predicted molar refractivity (Wildman–Crippen MR) is 76.3 cm³/mol. The number of likely N-dealkylation sites (N-methyl/N-ethyl adjacent to an activating group) is 1. The standard InChI is InChI=1S/C15H19FN2O2/c1-4-17-15(20)11(3)18-14(19)9-10(2)12-5-7-13(16)8-6-12/h5-9,11H,4H2,1-3H3,(H,17,20)(H,18,19)/b10-9+/t11-/m1/s1. The van der Waals surface area contributed by atoms with Crippen LogP contribution in [0.15, 0.2) is 30.3 Å². The van der Waals surface area contributed by atoms with E-state index in [9.17, 15) is 14.0 Å². The molecule has 1 atom stereocenters. The van der Waals surface area contributed by atoms with Gasteiger partial charge in [0.05, 0.1) is 0 Å². The van der Waals surface area contributed by atoms with Gasteiger partial charge in [0.2, 0.25) is 11.8 Å². The van der Waals surface area contributed by atoms with Crippen LogP contribution >= 0.6 is 0 Å². The van der Waals surface area contributed by atoms with E-state index in [-0.39, 0.29) is 17.6 Å². The highest BCUT2D eigenvalue weighted by Crippen LogP contribution is 2.13. The van der Waals surface area contributed by atoms with Crippen LogP contribution in [0.25, 0.3) is 5.57 Å². The number of carbonyl (C=O) groups excluding carboxylic acids is 2. The van der Waals surface area contributed by atoms with Crippen LogP contribution in [0.5, 0.6) is 0 Å². The third-order valence-corrected chi connectivity index (χ3v) is 2.75. The summed E-state index contributed by atoms with van der Waals surface area (Å²) in [7, 11) is 0. The fourth-order valence-electron chi connectivity index (χ4n) is 1.64. The van der Waals surface area contributed by atoms with E-state index in [0.717, 1.165) is 5.56 Å². The highest BCUT2D eigenvalue weighted by molar-refractivity contribution is 5.97. The van der Waals surface area contributed by atoms with E-state index in [2.05, 4.69) is 10.6 Å². The normalized spacial score (nSPS) is 12.7. The minimum absolute atomic E-state index is 0.228. The van der Waals surface area contributed by atoms with Crippen LogP contribution < -0.4 is 10.6 Å². The molecule has 0 aliphatic carbocycles. The fraction of sp³-hybridized carbons (Fsp3) is 0.333. The van der Waals surface area contributed by atoms with Crippen LogP contribution in [0.2, 0.25) is 0 Å². The molecule has 4 nitrogen and oxygen atoms in total. The summed E-state index contributed by atoms with van der Waals surface area (Å²) in [6, 6.07) is 5.27. The summed E-state index contributed by atoms with van der Waals surface area (Å²) in [5, 5.41) is 5.20. The summed E-state index contributed by atoms with van der Waals surface area (Å²) in [6.07, 6.45) is 1.39. The van der Waals surface area contributed by atoms with Crippen LogP contribution in [0.3, 0.4) is 0 Å². The van der Waals surface area contributed by atoms with Crippen molar-refractivity contribution in [1.82, 2.24) is 10.6 Å². The molecule has 1 aromatic carbocycles.